The maximum Gasteiger partial charge on any atom is 0.104 e. The third-order valence-corrected chi connectivity index (χ3v) is 6.23. The summed E-state index contributed by atoms with van der Waals surface area (Å²) in [6.45, 7) is 4.90. The Morgan fingerprint density at radius 3 is 1.97 bits per heavy atom. The van der Waals surface area contributed by atoms with E-state index in [1.165, 1.54) is 49.4 Å². The van der Waals surface area contributed by atoms with E-state index < -0.39 is 0 Å². The number of fused-ring (bicyclic) bond motifs is 6. The third-order valence-electron chi connectivity index (χ3n) is 6.23. The van der Waals surface area contributed by atoms with Crippen LogP contribution in [-0.4, -0.2) is 23.8 Å². The summed E-state index contributed by atoms with van der Waals surface area (Å²) in [5.41, 5.74) is 7.60. The first-order valence-electron chi connectivity index (χ1n) is 11.7. The molecular formula is C30H27Cl2O2SiZr-. The van der Waals surface area contributed by atoms with E-state index in [1.807, 2.05) is 0 Å². The Morgan fingerprint density at radius 1 is 0.806 bits per heavy atom. The van der Waals surface area contributed by atoms with Crippen LogP contribution in [0.15, 0.2) is 84.9 Å². The second kappa shape index (κ2) is 12.6. The number of hydrogen-bond acceptors (Lipinski definition) is 2. The average Bonchev–Trinajstić information content (AvgIpc) is 3.38. The fourth-order valence-corrected chi connectivity index (χ4v) is 5.00. The predicted octanol–water partition coefficient (Wildman–Crippen LogP) is 1.11. The molecule has 0 unspecified atom stereocenters. The van der Waals surface area contributed by atoms with Gasteiger partial charge in [-0.3, -0.25) is 0 Å². The first-order valence-corrected chi connectivity index (χ1v) is 17.8. The van der Waals surface area contributed by atoms with Crippen molar-refractivity contribution in [3.63, 3.8) is 0 Å². The number of halogens is 2. The molecule has 5 aromatic rings. The predicted molar refractivity (Wildman–Crippen MR) is 141 cm³/mol. The molecule has 2 nitrogen and oxygen atoms in total. The van der Waals surface area contributed by atoms with Gasteiger partial charge in [0.1, 0.15) is 6.61 Å². The van der Waals surface area contributed by atoms with Gasteiger partial charge in [-0.15, -0.1) is 0 Å². The van der Waals surface area contributed by atoms with Gasteiger partial charge in [0.05, 0.1) is 12.4 Å². The molecule has 1 aliphatic carbocycles. The Kier molecular flexibility index (Phi) is 10.1. The van der Waals surface area contributed by atoms with Crippen LogP contribution in [0.4, 0.5) is 0 Å². The normalized spacial score (nSPS) is 11.0. The molecule has 0 atom stereocenters. The Bertz CT molecular complexity index is 1470. The number of hydrogen-bond donors (Lipinski definition) is 1. The van der Waals surface area contributed by atoms with Crippen molar-refractivity contribution in [2.24, 2.45) is 0 Å². The Hall–Kier alpha value is -1.81. The van der Waals surface area contributed by atoms with E-state index in [0.717, 1.165) is 17.7 Å². The average molecular weight is 610 g/mol. The van der Waals surface area contributed by atoms with Crippen LogP contribution < -0.4 is 29.6 Å². The van der Waals surface area contributed by atoms with Gasteiger partial charge in [-0.25, -0.2) is 0 Å². The zero-order valence-electron chi connectivity index (χ0n) is 20.3. The number of benzene rings is 4. The van der Waals surface area contributed by atoms with Crippen molar-refractivity contribution in [2.75, 3.05) is 13.2 Å². The standard InChI is InChI=1S/C28H21O2.C2H6Si.2ClH.Zr/c29-15-16-30-28-25(14-13-22-19-8-2-1-7-18(19)17-26(22)28)27-23-11-5-3-9-20(23)21-10-4-6-12-24(21)27;1-3-2;;;/h1-14,29H,15-17H2;1-2H3;2*1H;/q-1;;;;+2/p-2. The van der Waals surface area contributed by atoms with Gasteiger partial charge in [-0.05, 0) is 34.2 Å². The van der Waals surface area contributed by atoms with Gasteiger partial charge >= 0.3 is 41.9 Å². The van der Waals surface area contributed by atoms with Crippen LogP contribution in [-0.2, 0) is 29.8 Å². The Balaban J connectivity index is 0.000000563. The van der Waals surface area contributed by atoms with Crippen LogP contribution in [0.1, 0.15) is 11.1 Å². The number of rotatable bonds is 4. The minimum absolute atomic E-state index is 0. The molecule has 0 aromatic heterocycles. The molecule has 0 amide bonds. The molecule has 36 heavy (non-hydrogen) atoms. The smallest absolute Gasteiger partial charge is 0.104 e. The van der Waals surface area contributed by atoms with Crippen molar-refractivity contribution >= 4 is 27.0 Å². The van der Waals surface area contributed by atoms with Crippen molar-refractivity contribution in [1.82, 2.24) is 0 Å². The number of ether oxygens (including phenoxy) is 1. The van der Waals surface area contributed by atoms with Gasteiger partial charge in [-0.2, -0.15) is 0 Å². The van der Waals surface area contributed by atoms with Crippen LogP contribution in [0.5, 0.6) is 5.75 Å². The molecule has 1 aliphatic rings. The molecule has 6 heteroatoms. The molecule has 0 bridgehead atoms. The van der Waals surface area contributed by atoms with Crippen LogP contribution in [0.25, 0.3) is 43.8 Å². The summed E-state index contributed by atoms with van der Waals surface area (Å²) in [5.74, 6) is 0.902. The summed E-state index contributed by atoms with van der Waals surface area (Å²) < 4.78 is 6.23. The first kappa shape index (κ1) is 28.8. The van der Waals surface area contributed by atoms with E-state index in [1.54, 1.807) is 23.3 Å². The van der Waals surface area contributed by atoms with Gasteiger partial charge in [0.2, 0.25) is 0 Å². The largest absolute Gasteiger partial charge is 1.00 e. The van der Waals surface area contributed by atoms with Gasteiger partial charge in [-0.1, -0.05) is 112 Å². The second-order valence-electron chi connectivity index (χ2n) is 8.84. The molecule has 0 aliphatic heterocycles. The monoisotopic (exact) mass is 607 g/mol. The van der Waals surface area contributed by atoms with Crippen molar-refractivity contribution in [3.8, 4) is 28.0 Å². The van der Waals surface area contributed by atoms with Gasteiger partial charge < -0.3 is 34.7 Å². The van der Waals surface area contributed by atoms with E-state index in [2.05, 4.69) is 98.0 Å². The van der Waals surface area contributed by atoms with Crippen molar-refractivity contribution < 1.29 is 58.0 Å². The molecule has 6 rings (SSSR count). The molecule has 0 radical (unpaired) electrons. The molecular weight excluding hydrogens is 583 g/mol. The summed E-state index contributed by atoms with van der Waals surface area (Å²) in [5, 5.41) is 14.5. The summed E-state index contributed by atoms with van der Waals surface area (Å²) in [4.78, 5) is 0. The summed E-state index contributed by atoms with van der Waals surface area (Å²) >= 11 is 1.74. The molecule has 0 spiro atoms. The zero-order valence-corrected chi connectivity index (χ0v) is 25.3. The second-order valence-corrected chi connectivity index (χ2v) is 18.2. The van der Waals surface area contributed by atoms with E-state index in [4.69, 9.17) is 4.74 Å². The van der Waals surface area contributed by atoms with Crippen LogP contribution in [0.3, 0.4) is 0 Å². The van der Waals surface area contributed by atoms with E-state index >= 15 is 0 Å². The number of aliphatic hydroxyl groups is 1. The van der Waals surface area contributed by atoms with Crippen LogP contribution >= 0.6 is 0 Å². The van der Waals surface area contributed by atoms with Crippen molar-refractivity contribution in [1.29, 1.82) is 0 Å². The molecule has 182 valence electrons. The Labute approximate surface area is 240 Å². The zero-order chi connectivity index (χ0) is 23.7. The van der Waals surface area contributed by atoms with Crippen LogP contribution in [0.2, 0.25) is 13.1 Å². The maximum atomic E-state index is 9.49. The minimum atomic E-state index is -0.00143. The van der Waals surface area contributed by atoms with E-state index in [9.17, 15) is 5.11 Å². The molecule has 0 saturated heterocycles. The fraction of sp³-hybridized carbons (Fsp3) is 0.167. The Morgan fingerprint density at radius 2 is 1.36 bits per heavy atom. The topological polar surface area (TPSA) is 29.5 Å². The summed E-state index contributed by atoms with van der Waals surface area (Å²) in [6, 6.07) is 30.2. The van der Waals surface area contributed by atoms with Crippen molar-refractivity contribution in [3.05, 3.63) is 96.1 Å². The SMILES string of the molecule is C[Si](C)=[Zr+2].OCCOc1c(-[c-]2c3ccccc3c3ccccc32)ccc2c1Cc1ccccc1-2.[Cl-].[Cl-]. The molecule has 0 heterocycles. The number of aliphatic hydroxyl groups excluding tert-OH is 1. The van der Waals surface area contributed by atoms with Crippen molar-refractivity contribution in [2.45, 2.75) is 19.5 Å². The minimum Gasteiger partial charge on any atom is -1.00 e. The fourth-order valence-electron chi connectivity index (χ4n) is 5.00. The van der Waals surface area contributed by atoms with E-state index in [-0.39, 0.29) is 43.5 Å². The molecule has 0 saturated carbocycles. The van der Waals surface area contributed by atoms with Gasteiger partial charge in [0, 0.05) is 0 Å². The maximum absolute atomic E-state index is 9.49. The summed E-state index contributed by atoms with van der Waals surface area (Å²) in [7, 11) is 0. The molecule has 5 aromatic carbocycles. The third kappa shape index (κ3) is 5.39. The first-order chi connectivity index (χ1) is 16.6. The quantitative estimate of drug-likeness (QED) is 0.240. The summed E-state index contributed by atoms with van der Waals surface area (Å²) in [6.07, 6.45) is 0.858. The molecule has 1 N–H and O–H groups in total. The molecule has 0 fully saturated rings. The van der Waals surface area contributed by atoms with Gasteiger partial charge in [0.25, 0.3) is 0 Å². The van der Waals surface area contributed by atoms with Crippen LogP contribution in [0, 0.1) is 0 Å². The van der Waals surface area contributed by atoms with Gasteiger partial charge in [0.15, 0.2) is 0 Å². The van der Waals surface area contributed by atoms with E-state index in [0.29, 0.717) is 0 Å².